The number of ether oxygens (including phenoxy) is 1. The van der Waals surface area contributed by atoms with Gasteiger partial charge < -0.3 is 19.8 Å². The van der Waals surface area contributed by atoms with Crippen molar-refractivity contribution in [2.75, 3.05) is 13.1 Å². The number of halogens is 2. The van der Waals surface area contributed by atoms with Crippen LogP contribution in [-0.4, -0.2) is 64.4 Å². The normalized spacial score (nSPS) is 30.0. The van der Waals surface area contributed by atoms with Crippen LogP contribution < -0.4 is 0 Å². The van der Waals surface area contributed by atoms with Crippen molar-refractivity contribution in [3.05, 3.63) is 0 Å². The zero-order valence-corrected chi connectivity index (χ0v) is 15.6. The van der Waals surface area contributed by atoms with Crippen molar-refractivity contribution < 1.29 is 28.5 Å². The van der Waals surface area contributed by atoms with Gasteiger partial charge in [0, 0.05) is 19.4 Å². The second-order valence-corrected chi connectivity index (χ2v) is 7.97. The van der Waals surface area contributed by atoms with E-state index in [4.69, 9.17) is 9.84 Å². The zero-order chi connectivity index (χ0) is 19.0. The summed E-state index contributed by atoms with van der Waals surface area (Å²) < 4.78 is 30.8. The number of hydrogen-bond acceptors (Lipinski definition) is 4. The van der Waals surface area contributed by atoms with Crippen molar-refractivity contribution in [1.82, 2.24) is 4.90 Å². The van der Waals surface area contributed by atoms with E-state index in [1.807, 2.05) is 0 Å². The van der Waals surface area contributed by atoms with Gasteiger partial charge in [0.2, 0.25) is 0 Å². The Hall–Kier alpha value is -0.950. The predicted molar refractivity (Wildman–Crippen MR) is 98.7 cm³/mol. The molecule has 1 aliphatic heterocycles. The van der Waals surface area contributed by atoms with Crippen LogP contribution in [0.2, 0.25) is 0 Å². The van der Waals surface area contributed by atoms with Crippen LogP contribution in [0.25, 0.3) is 0 Å². The molecular formula is C19H37F2NO4. The van der Waals surface area contributed by atoms with E-state index in [9.17, 15) is 18.7 Å². The Balaban J connectivity index is 0.000000532. The van der Waals surface area contributed by atoms with Gasteiger partial charge in [0.15, 0.2) is 0 Å². The first-order chi connectivity index (χ1) is 11.6. The molecule has 0 aromatic carbocycles. The van der Waals surface area contributed by atoms with Crippen molar-refractivity contribution >= 4 is 6.09 Å². The molecule has 0 radical (unpaired) electrons. The number of carbonyl (C=O) groups is 1. The van der Waals surface area contributed by atoms with Crippen LogP contribution in [0, 0.1) is 0 Å². The molecule has 2 rings (SSSR count). The first-order valence-electron chi connectivity index (χ1n) is 9.19. The summed E-state index contributed by atoms with van der Waals surface area (Å²) in [6, 6.07) is 0. The van der Waals surface area contributed by atoms with Gasteiger partial charge in [0.1, 0.15) is 17.9 Å². The Labute approximate surface area is 156 Å². The highest BCUT2D eigenvalue weighted by molar-refractivity contribution is 5.68. The van der Waals surface area contributed by atoms with E-state index in [1.165, 1.54) is 4.90 Å². The zero-order valence-electron chi connectivity index (χ0n) is 15.6. The van der Waals surface area contributed by atoms with E-state index in [0.29, 0.717) is 19.4 Å². The number of amides is 1. The highest BCUT2D eigenvalue weighted by Gasteiger charge is 2.28. The summed E-state index contributed by atoms with van der Waals surface area (Å²) in [6.07, 6.45) is 0.644. The molecule has 0 aromatic heterocycles. The molecule has 2 aliphatic rings. The molecule has 1 amide bonds. The molecule has 5 nitrogen and oxygen atoms in total. The van der Waals surface area contributed by atoms with E-state index in [-0.39, 0.29) is 32.9 Å². The quantitative estimate of drug-likeness (QED) is 0.622. The monoisotopic (exact) mass is 381 g/mol. The predicted octanol–water partition coefficient (Wildman–Crippen LogP) is 4.00. The van der Waals surface area contributed by atoms with Gasteiger partial charge in [0.25, 0.3) is 0 Å². The molecule has 2 fully saturated rings. The third kappa shape index (κ3) is 10.9. The summed E-state index contributed by atoms with van der Waals surface area (Å²) in [5, 5.41) is 18.5. The van der Waals surface area contributed by atoms with Crippen molar-refractivity contribution in [3.8, 4) is 0 Å². The Bertz CT molecular complexity index is 393. The van der Waals surface area contributed by atoms with Gasteiger partial charge >= 0.3 is 6.09 Å². The maximum atomic E-state index is 13.1. The van der Waals surface area contributed by atoms with Gasteiger partial charge in [0.05, 0.1) is 18.8 Å². The molecule has 7 heteroatoms. The van der Waals surface area contributed by atoms with Crippen LogP contribution in [0.15, 0.2) is 0 Å². The molecule has 0 spiro atoms. The van der Waals surface area contributed by atoms with Crippen LogP contribution >= 0.6 is 0 Å². The van der Waals surface area contributed by atoms with E-state index >= 15 is 0 Å². The highest BCUT2D eigenvalue weighted by atomic mass is 19.1. The maximum Gasteiger partial charge on any atom is 0.410 e. The summed E-state index contributed by atoms with van der Waals surface area (Å²) in [5.74, 6) is 0. The van der Waals surface area contributed by atoms with Gasteiger partial charge in [-0.2, -0.15) is 0 Å². The third-order valence-electron chi connectivity index (χ3n) is 4.16. The average molecular weight is 382 g/mol. The number of aliphatic hydroxyl groups excluding tert-OH is 2. The molecule has 1 heterocycles. The second kappa shape index (κ2) is 11.7. The Morgan fingerprint density at radius 3 is 2.15 bits per heavy atom. The van der Waals surface area contributed by atoms with E-state index in [2.05, 4.69) is 0 Å². The van der Waals surface area contributed by atoms with Gasteiger partial charge in [-0.25, -0.2) is 13.6 Å². The minimum absolute atomic E-state index is 0. The first-order valence-corrected chi connectivity index (χ1v) is 9.19. The smallest absolute Gasteiger partial charge is 0.410 e. The van der Waals surface area contributed by atoms with Crippen molar-refractivity contribution in [2.24, 2.45) is 0 Å². The van der Waals surface area contributed by atoms with Crippen molar-refractivity contribution in [1.29, 1.82) is 0 Å². The Kier molecular flexibility index (Phi) is 11.3. The first kappa shape index (κ1) is 25.1. The third-order valence-corrected chi connectivity index (χ3v) is 4.16. The minimum Gasteiger partial charge on any atom is -0.444 e. The van der Waals surface area contributed by atoms with Crippen molar-refractivity contribution in [3.63, 3.8) is 0 Å². The number of β-amino-alcohol motifs (C(OH)–C–C–N with tert-alkyl or cyclic N) is 1. The standard InChI is InChI=1S/C11H20FNO3.C7H13FO.CH4/c1-11(2,3)16-10(15)13-5-4-8(12)6-9(14)7-13;8-6-3-1-2-4-7(9)5-6;/h8-9,14H,4-7H2,1-3H3;6-7,9H,1-5H2;1H4. The largest absolute Gasteiger partial charge is 0.444 e. The van der Waals surface area contributed by atoms with E-state index in [0.717, 1.165) is 19.3 Å². The summed E-state index contributed by atoms with van der Waals surface area (Å²) in [4.78, 5) is 13.1. The van der Waals surface area contributed by atoms with Crippen LogP contribution in [0.3, 0.4) is 0 Å². The van der Waals surface area contributed by atoms with Gasteiger partial charge in [-0.1, -0.05) is 20.3 Å². The van der Waals surface area contributed by atoms with Crippen molar-refractivity contribution in [2.45, 2.75) is 103 Å². The molecule has 0 aromatic rings. The molecule has 156 valence electrons. The van der Waals surface area contributed by atoms with Crippen LogP contribution in [0.1, 0.15) is 73.1 Å². The number of carbonyl (C=O) groups excluding carboxylic acids is 1. The van der Waals surface area contributed by atoms with E-state index < -0.39 is 30.1 Å². The molecule has 1 saturated heterocycles. The summed E-state index contributed by atoms with van der Waals surface area (Å²) >= 11 is 0. The molecule has 26 heavy (non-hydrogen) atoms. The Morgan fingerprint density at radius 2 is 1.54 bits per heavy atom. The molecule has 4 atom stereocenters. The number of nitrogens with zero attached hydrogens (tertiary/aromatic N) is 1. The second-order valence-electron chi connectivity index (χ2n) is 7.97. The average Bonchev–Trinajstić information content (AvgIpc) is 2.74. The maximum absolute atomic E-state index is 13.1. The fraction of sp³-hybridized carbons (Fsp3) is 0.947. The van der Waals surface area contributed by atoms with Gasteiger partial charge in [-0.15, -0.1) is 0 Å². The molecule has 1 aliphatic carbocycles. The molecule has 4 unspecified atom stereocenters. The van der Waals surface area contributed by atoms with Gasteiger partial charge in [-0.05, 0) is 40.0 Å². The molecular weight excluding hydrogens is 344 g/mol. The molecule has 0 bridgehead atoms. The number of aliphatic hydroxyl groups is 2. The SMILES string of the molecule is C.CC(C)(C)OC(=O)N1CCC(F)CC(O)C1.OC1CCCCC(F)C1. The lowest BCUT2D eigenvalue weighted by Crippen LogP contribution is -2.40. The fourth-order valence-corrected chi connectivity index (χ4v) is 2.90. The van der Waals surface area contributed by atoms with E-state index in [1.54, 1.807) is 20.8 Å². The lowest BCUT2D eigenvalue weighted by Gasteiger charge is -2.27. The van der Waals surface area contributed by atoms with Gasteiger partial charge in [-0.3, -0.25) is 0 Å². The summed E-state index contributed by atoms with van der Waals surface area (Å²) in [6.45, 7) is 5.77. The number of hydrogen-bond donors (Lipinski definition) is 2. The lowest BCUT2D eigenvalue weighted by atomic mass is 10.1. The summed E-state index contributed by atoms with van der Waals surface area (Å²) in [5.41, 5.74) is -0.566. The van der Waals surface area contributed by atoms with Crippen LogP contribution in [0.5, 0.6) is 0 Å². The summed E-state index contributed by atoms with van der Waals surface area (Å²) in [7, 11) is 0. The molecule has 2 N–H and O–H groups in total. The number of rotatable bonds is 0. The minimum atomic E-state index is -1.04. The molecule has 1 saturated carbocycles. The number of alkyl halides is 2. The highest BCUT2D eigenvalue weighted by Crippen LogP contribution is 2.20. The fourth-order valence-electron chi connectivity index (χ4n) is 2.90. The van der Waals surface area contributed by atoms with Crippen LogP contribution in [0.4, 0.5) is 13.6 Å². The van der Waals surface area contributed by atoms with Crippen LogP contribution in [-0.2, 0) is 4.74 Å². The topological polar surface area (TPSA) is 70.0 Å². The Morgan fingerprint density at radius 1 is 1.00 bits per heavy atom. The number of likely N-dealkylation sites (tertiary alicyclic amines) is 1. The lowest BCUT2D eigenvalue weighted by molar-refractivity contribution is 0.0172.